The van der Waals surface area contributed by atoms with E-state index in [0.29, 0.717) is 32.8 Å². The minimum Gasteiger partial charge on any atom is -0.491 e. The fourth-order valence-corrected chi connectivity index (χ4v) is 4.72. The van der Waals surface area contributed by atoms with E-state index in [2.05, 4.69) is 28.2 Å². The van der Waals surface area contributed by atoms with E-state index in [1.165, 1.54) is 0 Å². The number of carbonyl (C=O) groups excluding carboxylic acids is 1. The van der Waals surface area contributed by atoms with Gasteiger partial charge in [-0.2, -0.15) is 8.78 Å². The first-order valence-electron chi connectivity index (χ1n) is 11.2. The van der Waals surface area contributed by atoms with Crippen LogP contribution in [0.15, 0.2) is 42.0 Å². The number of imidazole rings is 1. The van der Waals surface area contributed by atoms with Crippen LogP contribution in [0.1, 0.15) is 29.8 Å². The number of fused-ring (bicyclic) bond motifs is 2. The quantitative estimate of drug-likeness (QED) is 0.537. The van der Waals surface area contributed by atoms with Crippen LogP contribution in [0, 0.1) is 13.8 Å². The molecule has 6 nitrogen and oxygen atoms in total. The number of H-pyrrole nitrogens is 1. The van der Waals surface area contributed by atoms with Gasteiger partial charge in [-0.05, 0) is 73.2 Å². The summed E-state index contributed by atoms with van der Waals surface area (Å²) >= 11 is 0. The number of hydrogen-bond donors (Lipinski definition) is 1. The van der Waals surface area contributed by atoms with Crippen LogP contribution >= 0.6 is 0 Å². The summed E-state index contributed by atoms with van der Waals surface area (Å²) in [7, 11) is 0. The first-order valence-corrected chi connectivity index (χ1v) is 11.2. The minimum absolute atomic E-state index is 0.123. The molecule has 0 atom stereocenters. The molecule has 0 saturated carbocycles. The second-order valence-electron chi connectivity index (χ2n) is 8.74. The monoisotopic (exact) mass is 452 g/mol. The lowest BCUT2D eigenvalue weighted by molar-refractivity contribution is 0.141. The summed E-state index contributed by atoms with van der Waals surface area (Å²) in [5, 5.41) is 0. The molecule has 172 valence electrons. The van der Waals surface area contributed by atoms with Gasteiger partial charge in [0, 0.05) is 18.7 Å². The van der Waals surface area contributed by atoms with Crippen molar-refractivity contribution in [3.63, 3.8) is 0 Å². The Labute approximate surface area is 190 Å². The SMILES string of the molecule is Cc1nc2ccc(-c3cc(C)c4c(c3)CN(C(=O)N3CCC(=C(F)F)CC3)CCO4)cc2[nH]1. The summed E-state index contributed by atoms with van der Waals surface area (Å²) in [5.41, 5.74) is 6.14. The van der Waals surface area contributed by atoms with E-state index in [1.54, 1.807) is 9.80 Å². The van der Waals surface area contributed by atoms with Crippen LogP contribution < -0.4 is 4.74 Å². The molecule has 1 N–H and O–H groups in total. The molecule has 3 aromatic rings. The molecule has 1 fully saturated rings. The molecule has 0 aliphatic carbocycles. The number of benzene rings is 2. The van der Waals surface area contributed by atoms with Crippen LogP contribution in [0.25, 0.3) is 22.2 Å². The lowest BCUT2D eigenvalue weighted by Crippen LogP contribution is -2.46. The van der Waals surface area contributed by atoms with Gasteiger partial charge in [-0.3, -0.25) is 0 Å². The van der Waals surface area contributed by atoms with E-state index in [0.717, 1.165) is 44.9 Å². The number of amides is 2. The van der Waals surface area contributed by atoms with Crippen molar-refractivity contribution >= 4 is 17.1 Å². The summed E-state index contributed by atoms with van der Waals surface area (Å²) in [6, 6.07) is 10.2. The van der Waals surface area contributed by atoms with Gasteiger partial charge in [0.1, 0.15) is 18.2 Å². The smallest absolute Gasteiger partial charge is 0.320 e. The molecule has 0 unspecified atom stereocenters. The van der Waals surface area contributed by atoms with Crippen molar-refractivity contribution < 1.29 is 18.3 Å². The Morgan fingerprint density at radius 1 is 1.03 bits per heavy atom. The summed E-state index contributed by atoms with van der Waals surface area (Å²) < 4.78 is 31.8. The number of urea groups is 1. The highest BCUT2D eigenvalue weighted by molar-refractivity contribution is 5.82. The van der Waals surface area contributed by atoms with Gasteiger partial charge in [0.05, 0.1) is 24.1 Å². The Morgan fingerprint density at radius 2 is 1.82 bits per heavy atom. The average molecular weight is 453 g/mol. The highest BCUT2D eigenvalue weighted by Gasteiger charge is 2.28. The Balaban J connectivity index is 1.41. The van der Waals surface area contributed by atoms with E-state index < -0.39 is 6.08 Å². The maximum atomic E-state index is 13.2. The molecule has 2 aromatic carbocycles. The normalized spacial score (nSPS) is 16.4. The molecule has 0 spiro atoms. The number of ether oxygens (including phenoxy) is 1. The number of carbonyl (C=O) groups is 1. The summed E-state index contributed by atoms with van der Waals surface area (Å²) in [6.45, 7) is 5.86. The average Bonchev–Trinajstić information content (AvgIpc) is 3.03. The molecule has 2 aliphatic rings. The van der Waals surface area contributed by atoms with Crippen molar-refractivity contribution in [2.75, 3.05) is 26.2 Å². The Kier molecular flexibility index (Phi) is 5.52. The molecule has 1 aromatic heterocycles. The van der Waals surface area contributed by atoms with E-state index in [9.17, 15) is 13.6 Å². The molecule has 1 saturated heterocycles. The Hall–Kier alpha value is -3.42. The number of nitrogens with one attached hydrogen (secondary N) is 1. The molecule has 33 heavy (non-hydrogen) atoms. The van der Waals surface area contributed by atoms with Gasteiger partial charge in [-0.25, -0.2) is 9.78 Å². The highest BCUT2D eigenvalue weighted by atomic mass is 19.3. The zero-order valence-corrected chi connectivity index (χ0v) is 18.8. The number of aromatic amines is 1. The second-order valence-corrected chi connectivity index (χ2v) is 8.74. The third kappa shape index (κ3) is 4.17. The molecule has 0 radical (unpaired) electrons. The van der Waals surface area contributed by atoms with E-state index in [-0.39, 0.29) is 24.4 Å². The number of aryl methyl sites for hydroxylation is 2. The van der Waals surface area contributed by atoms with Crippen molar-refractivity contribution in [3.05, 3.63) is 58.9 Å². The van der Waals surface area contributed by atoms with E-state index in [4.69, 9.17) is 4.74 Å². The topological polar surface area (TPSA) is 61.5 Å². The maximum absolute atomic E-state index is 13.2. The van der Waals surface area contributed by atoms with Gasteiger partial charge in [-0.1, -0.05) is 6.07 Å². The number of hydrogen-bond acceptors (Lipinski definition) is 3. The van der Waals surface area contributed by atoms with Gasteiger partial charge in [0.15, 0.2) is 0 Å². The molecule has 8 heteroatoms. The molecule has 2 aliphatic heterocycles. The second kappa shape index (κ2) is 8.50. The van der Waals surface area contributed by atoms with Gasteiger partial charge in [0.25, 0.3) is 6.08 Å². The number of halogens is 2. The molecule has 0 bridgehead atoms. The summed E-state index contributed by atoms with van der Waals surface area (Å²) in [6.07, 6.45) is -1.15. The zero-order valence-electron chi connectivity index (χ0n) is 18.8. The van der Waals surface area contributed by atoms with Crippen molar-refractivity contribution in [3.8, 4) is 16.9 Å². The van der Waals surface area contributed by atoms with Crippen molar-refractivity contribution in [1.29, 1.82) is 0 Å². The van der Waals surface area contributed by atoms with Crippen LogP contribution in [0.4, 0.5) is 13.6 Å². The lowest BCUT2D eigenvalue weighted by atomic mass is 9.98. The maximum Gasteiger partial charge on any atom is 0.320 e. The molecule has 5 rings (SSSR count). The van der Waals surface area contributed by atoms with Crippen LogP contribution in [0.2, 0.25) is 0 Å². The van der Waals surface area contributed by atoms with Crippen molar-refractivity contribution in [2.45, 2.75) is 33.2 Å². The third-order valence-electron chi connectivity index (χ3n) is 6.43. The van der Waals surface area contributed by atoms with E-state index in [1.807, 2.05) is 26.0 Å². The number of piperidine rings is 1. The number of nitrogens with zero attached hydrogens (tertiary/aromatic N) is 3. The summed E-state index contributed by atoms with van der Waals surface area (Å²) in [5.74, 6) is 1.69. The zero-order chi connectivity index (χ0) is 23.1. The van der Waals surface area contributed by atoms with Gasteiger partial charge in [-0.15, -0.1) is 0 Å². The Morgan fingerprint density at radius 3 is 2.58 bits per heavy atom. The Bertz CT molecular complexity index is 1250. The molecular weight excluding hydrogens is 426 g/mol. The molecule has 3 heterocycles. The molecule has 2 amide bonds. The van der Waals surface area contributed by atoms with Crippen LogP contribution in [0.3, 0.4) is 0 Å². The van der Waals surface area contributed by atoms with Gasteiger partial charge in [0.2, 0.25) is 0 Å². The first kappa shape index (κ1) is 21.4. The minimum atomic E-state index is -1.61. The highest BCUT2D eigenvalue weighted by Crippen LogP contribution is 2.34. The predicted molar refractivity (Wildman–Crippen MR) is 122 cm³/mol. The largest absolute Gasteiger partial charge is 0.491 e. The number of rotatable bonds is 1. The van der Waals surface area contributed by atoms with Crippen molar-refractivity contribution in [1.82, 2.24) is 19.8 Å². The van der Waals surface area contributed by atoms with Crippen LogP contribution in [0.5, 0.6) is 5.75 Å². The standard InChI is InChI=1S/C25H26F2N4O2/c1-15-11-19(18-3-4-21-22(13-18)29-16(2)28-21)12-20-14-31(9-10-33-23(15)20)25(32)30-7-5-17(6-8-30)24(26)27/h3-4,11-13H,5-10,14H2,1-2H3,(H,28,29). The fraction of sp³-hybridized carbons (Fsp3) is 0.360. The third-order valence-corrected chi connectivity index (χ3v) is 6.43. The fourth-order valence-electron chi connectivity index (χ4n) is 4.72. The van der Waals surface area contributed by atoms with Crippen LogP contribution in [-0.2, 0) is 6.54 Å². The van der Waals surface area contributed by atoms with Gasteiger partial charge >= 0.3 is 6.03 Å². The lowest BCUT2D eigenvalue weighted by Gasteiger charge is -2.33. The predicted octanol–water partition coefficient (Wildman–Crippen LogP) is 5.41. The first-order chi connectivity index (χ1) is 15.9. The van der Waals surface area contributed by atoms with Crippen molar-refractivity contribution in [2.24, 2.45) is 0 Å². The molecular formula is C25H26F2N4O2. The number of aromatic nitrogens is 2. The van der Waals surface area contributed by atoms with Gasteiger partial charge < -0.3 is 19.5 Å². The summed E-state index contributed by atoms with van der Waals surface area (Å²) in [4.78, 5) is 24.3. The van der Waals surface area contributed by atoms with Crippen LogP contribution in [-0.4, -0.2) is 52.0 Å². The van der Waals surface area contributed by atoms with E-state index >= 15 is 0 Å². The number of likely N-dealkylation sites (tertiary alicyclic amines) is 1.